The maximum atomic E-state index is 13.5. The number of phenolic OH excluding ortho intramolecular Hbond substituents is 2. The molecule has 2 rings (SSSR count). The molecule has 0 atom stereocenters. The molecule has 0 radical (unpaired) electrons. The molecule has 0 aromatic heterocycles. The summed E-state index contributed by atoms with van der Waals surface area (Å²) in [6.07, 6.45) is 0. The molecule has 0 aliphatic carbocycles. The summed E-state index contributed by atoms with van der Waals surface area (Å²) in [4.78, 5) is 60.3. The molecule has 0 heterocycles. The Labute approximate surface area is 227 Å². The molecule has 15 nitrogen and oxygen atoms in total. The summed E-state index contributed by atoms with van der Waals surface area (Å²) in [6, 6.07) is 4.83. The van der Waals surface area contributed by atoms with Crippen molar-refractivity contribution < 1.29 is 64.1 Å². The zero-order chi connectivity index (χ0) is 30.1. The smallest absolute Gasteiger partial charge is 0.317 e. The second-order valence-corrected chi connectivity index (χ2v) is 8.57. The highest BCUT2D eigenvalue weighted by molar-refractivity contribution is 6.10. The Kier molecular flexibility index (Phi) is 10.8. The fourth-order valence-electron chi connectivity index (χ4n) is 3.89. The second kappa shape index (κ2) is 13.8. The van der Waals surface area contributed by atoms with Crippen LogP contribution < -0.4 is 9.47 Å². The van der Waals surface area contributed by atoms with Crippen molar-refractivity contribution in [2.75, 3.05) is 40.4 Å². The van der Waals surface area contributed by atoms with E-state index >= 15 is 0 Å². The first-order valence-electron chi connectivity index (χ1n) is 11.4. The Hall–Kier alpha value is -4.89. The van der Waals surface area contributed by atoms with E-state index in [1.807, 2.05) is 0 Å². The van der Waals surface area contributed by atoms with Crippen molar-refractivity contribution in [3.8, 4) is 23.0 Å². The third-order valence-corrected chi connectivity index (χ3v) is 5.50. The number of benzene rings is 2. The van der Waals surface area contributed by atoms with Gasteiger partial charge in [0.2, 0.25) is 0 Å². The normalized spacial score (nSPS) is 10.9. The number of phenols is 2. The summed E-state index contributed by atoms with van der Waals surface area (Å²) >= 11 is 0. The number of carbonyl (C=O) groups is 5. The molecule has 0 amide bonds. The third kappa shape index (κ3) is 8.57. The summed E-state index contributed by atoms with van der Waals surface area (Å²) in [5, 5.41) is 57.6. The predicted octanol–water partition coefficient (Wildman–Crippen LogP) is 0.288. The van der Waals surface area contributed by atoms with Gasteiger partial charge in [-0.15, -0.1) is 0 Å². The minimum atomic E-state index is -1.32. The Morgan fingerprint density at radius 2 is 0.900 bits per heavy atom. The molecular weight excluding hydrogens is 536 g/mol. The van der Waals surface area contributed by atoms with Crippen LogP contribution in [-0.4, -0.2) is 110 Å². The maximum Gasteiger partial charge on any atom is 0.317 e. The summed E-state index contributed by atoms with van der Waals surface area (Å²) in [5.41, 5.74) is -0.153. The zero-order valence-electron chi connectivity index (χ0n) is 21.5. The van der Waals surface area contributed by atoms with E-state index in [9.17, 15) is 34.2 Å². The fraction of sp³-hybridized carbons (Fsp3) is 0.320. The van der Waals surface area contributed by atoms with Crippen molar-refractivity contribution in [2.45, 2.75) is 13.1 Å². The molecule has 2 aromatic rings. The van der Waals surface area contributed by atoms with Crippen LogP contribution in [0.5, 0.6) is 23.0 Å². The molecule has 6 N–H and O–H groups in total. The Balaban J connectivity index is 2.56. The van der Waals surface area contributed by atoms with Crippen LogP contribution in [0.3, 0.4) is 0 Å². The lowest BCUT2D eigenvalue weighted by Gasteiger charge is -2.21. The van der Waals surface area contributed by atoms with Gasteiger partial charge in [-0.3, -0.25) is 33.8 Å². The number of ketones is 1. The van der Waals surface area contributed by atoms with E-state index < -0.39 is 67.3 Å². The summed E-state index contributed by atoms with van der Waals surface area (Å²) < 4.78 is 10.3. The topological polar surface area (TPSA) is 232 Å². The molecule has 2 aromatic carbocycles. The number of hydrogen-bond donors (Lipinski definition) is 6. The van der Waals surface area contributed by atoms with E-state index in [4.69, 9.17) is 29.9 Å². The summed E-state index contributed by atoms with van der Waals surface area (Å²) in [7, 11) is 2.42. The molecule has 0 unspecified atom stereocenters. The van der Waals surface area contributed by atoms with Gasteiger partial charge < -0.3 is 40.1 Å². The molecule has 0 bridgehead atoms. The van der Waals surface area contributed by atoms with E-state index in [1.165, 1.54) is 38.5 Å². The van der Waals surface area contributed by atoms with Crippen LogP contribution in [0, 0.1) is 0 Å². The Morgan fingerprint density at radius 1 is 0.600 bits per heavy atom. The van der Waals surface area contributed by atoms with Crippen molar-refractivity contribution in [3.63, 3.8) is 0 Å². The summed E-state index contributed by atoms with van der Waals surface area (Å²) in [6.45, 7) is -3.43. The SMILES string of the molecule is COc1cc(C(=O)c2cc(CN(CC(=O)O)CC(=O)O)c(O)c(OC)c2)cc(CN(CC(=O)O)CC(=O)O)c1O. The van der Waals surface area contributed by atoms with Gasteiger partial charge in [0.05, 0.1) is 40.4 Å². The number of hydrogen-bond acceptors (Lipinski definition) is 11. The van der Waals surface area contributed by atoms with Crippen molar-refractivity contribution >= 4 is 29.7 Å². The lowest BCUT2D eigenvalue weighted by atomic mass is 9.97. The number of carbonyl (C=O) groups excluding carboxylic acids is 1. The summed E-state index contributed by atoms with van der Waals surface area (Å²) in [5.74, 6) is -7.16. The predicted molar refractivity (Wildman–Crippen MR) is 134 cm³/mol. The number of aliphatic carboxylic acids is 4. The first-order chi connectivity index (χ1) is 18.7. The molecule has 216 valence electrons. The van der Waals surface area contributed by atoms with Gasteiger partial charge in [-0.1, -0.05) is 0 Å². The van der Waals surface area contributed by atoms with E-state index in [0.29, 0.717) is 0 Å². The number of ether oxygens (including phenoxy) is 2. The minimum absolute atomic E-state index is 0.00902. The molecule has 0 fully saturated rings. The molecule has 0 aliphatic rings. The van der Waals surface area contributed by atoms with Gasteiger partial charge in [0.15, 0.2) is 28.8 Å². The van der Waals surface area contributed by atoms with E-state index in [1.54, 1.807) is 0 Å². The van der Waals surface area contributed by atoms with Gasteiger partial charge in [-0.25, -0.2) is 0 Å². The zero-order valence-corrected chi connectivity index (χ0v) is 21.5. The first kappa shape index (κ1) is 31.3. The van der Waals surface area contributed by atoms with Crippen LogP contribution in [-0.2, 0) is 32.3 Å². The van der Waals surface area contributed by atoms with E-state index in [2.05, 4.69) is 0 Å². The number of methoxy groups -OCH3 is 2. The lowest BCUT2D eigenvalue weighted by molar-refractivity contribution is -0.144. The molecule has 0 saturated heterocycles. The number of carboxylic acid groups (broad SMARTS) is 4. The maximum absolute atomic E-state index is 13.5. The van der Waals surface area contributed by atoms with Gasteiger partial charge in [-0.05, 0) is 24.3 Å². The van der Waals surface area contributed by atoms with Gasteiger partial charge in [0.1, 0.15) is 0 Å². The number of nitrogens with zero attached hydrogens (tertiary/aromatic N) is 2. The second-order valence-electron chi connectivity index (χ2n) is 8.57. The Bertz CT molecular complexity index is 1180. The quantitative estimate of drug-likeness (QED) is 0.150. The van der Waals surface area contributed by atoms with Crippen molar-refractivity contribution in [1.82, 2.24) is 9.80 Å². The standard InChI is InChI=1S/C25H28N2O13/c1-39-17-5-13(3-15(24(17)37)7-26(9-19(28)29)10-20(30)31)23(36)14-4-16(25(38)18(6-14)40-2)8-27(11-21(32)33)12-22(34)35/h3-6,37-38H,7-12H2,1-2H3,(H,28,29)(H,30,31)(H,32,33)(H,34,35). The third-order valence-electron chi connectivity index (χ3n) is 5.50. The highest BCUT2D eigenvalue weighted by atomic mass is 16.5. The molecule has 15 heteroatoms. The van der Waals surface area contributed by atoms with Gasteiger partial charge >= 0.3 is 23.9 Å². The lowest BCUT2D eigenvalue weighted by Crippen LogP contribution is -2.34. The van der Waals surface area contributed by atoms with Crippen LogP contribution in [0.1, 0.15) is 27.0 Å². The largest absolute Gasteiger partial charge is 0.504 e. The van der Waals surface area contributed by atoms with Crippen molar-refractivity contribution in [2.24, 2.45) is 0 Å². The van der Waals surface area contributed by atoms with Crippen LogP contribution in [0.2, 0.25) is 0 Å². The fourth-order valence-corrected chi connectivity index (χ4v) is 3.89. The van der Waals surface area contributed by atoms with Crippen molar-refractivity contribution in [3.05, 3.63) is 46.5 Å². The number of carboxylic acids is 4. The molecular formula is C25H28N2O13. The van der Waals surface area contributed by atoms with E-state index in [-0.39, 0.29) is 46.8 Å². The van der Waals surface area contributed by atoms with Gasteiger partial charge in [-0.2, -0.15) is 0 Å². The average molecular weight is 565 g/mol. The molecule has 40 heavy (non-hydrogen) atoms. The Morgan fingerprint density at radius 3 is 1.15 bits per heavy atom. The van der Waals surface area contributed by atoms with Crippen LogP contribution in [0.15, 0.2) is 24.3 Å². The van der Waals surface area contributed by atoms with Crippen LogP contribution >= 0.6 is 0 Å². The van der Waals surface area contributed by atoms with E-state index in [0.717, 1.165) is 9.80 Å². The van der Waals surface area contributed by atoms with Crippen LogP contribution in [0.25, 0.3) is 0 Å². The average Bonchev–Trinajstić information content (AvgIpc) is 2.84. The minimum Gasteiger partial charge on any atom is -0.504 e. The van der Waals surface area contributed by atoms with Gasteiger partial charge in [0, 0.05) is 35.3 Å². The number of rotatable bonds is 16. The molecule has 0 aliphatic heterocycles. The van der Waals surface area contributed by atoms with Crippen LogP contribution in [0.4, 0.5) is 0 Å². The molecule has 0 spiro atoms. The highest BCUT2D eigenvalue weighted by Gasteiger charge is 2.24. The highest BCUT2D eigenvalue weighted by Crippen LogP contribution is 2.36. The monoisotopic (exact) mass is 564 g/mol. The molecule has 0 saturated carbocycles. The number of aromatic hydroxyl groups is 2. The first-order valence-corrected chi connectivity index (χ1v) is 11.4. The van der Waals surface area contributed by atoms with Crippen molar-refractivity contribution in [1.29, 1.82) is 0 Å². The van der Waals surface area contributed by atoms with Gasteiger partial charge in [0.25, 0.3) is 0 Å².